The van der Waals surface area contributed by atoms with E-state index in [0.717, 1.165) is 12.8 Å². The van der Waals surface area contributed by atoms with E-state index in [1.54, 1.807) is 6.08 Å². The van der Waals surface area contributed by atoms with Gasteiger partial charge < -0.3 is 5.11 Å². The lowest BCUT2D eigenvalue weighted by atomic mass is 10.0. The average molecular weight is 238 g/mol. The highest BCUT2D eigenvalue weighted by atomic mass is 16.4. The Morgan fingerprint density at radius 1 is 1.00 bits per heavy atom. The van der Waals surface area contributed by atoms with E-state index < -0.39 is 5.97 Å². The van der Waals surface area contributed by atoms with Crippen LogP contribution < -0.4 is 0 Å². The molecule has 0 amide bonds. The van der Waals surface area contributed by atoms with Gasteiger partial charge >= 0.3 is 5.97 Å². The predicted molar refractivity (Wildman–Crippen MR) is 73.1 cm³/mol. The minimum absolute atomic E-state index is 0.872. The summed E-state index contributed by atoms with van der Waals surface area (Å²) in [5.74, 6) is -0.872. The van der Waals surface area contributed by atoms with Crippen LogP contribution in [0.1, 0.15) is 65.2 Å². The Hall–Kier alpha value is -1.05. The van der Waals surface area contributed by atoms with Crippen molar-refractivity contribution in [3.05, 3.63) is 23.8 Å². The zero-order valence-electron chi connectivity index (χ0n) is 11.2. The summed E-state index contributed by atoms with van der Waals surface area (Å²) in [6.45, 7) is 4.40. The zero-order chi connectivity index (χ0) is 12.9. The van der Waals surface area contributed by atoms with Crippen LogP contribution in [0.4, 0.5) is 0 Å². The molecule has 2 heteroatoms. The van der Waals surface area contributed by atoms with Gasteiger partial charge in [0.2, 0.25) is 0 Å². The molecule has 0 atom stereocenters. The molecule has 98 valence electrons. The number of aliphatic carboxylic acids is 1. The van der Waals surface area contributed by atoms with Crippen molar-refractivity contribution in [2.24, 2.45) is 0 Å². The lowest BCUT2D eigenvalue weighted by Gasteiger charge is -2.06. The van der Waals surface area contributed by atoms with E-state index in [1.165, 1.54) is 50.2 Å². The van der Waals surface area contributed by atoms with E-state index in [9.17, 15) is 4.79 Å². The van der Waals surface area contributed by atoms with E-state index in [0.29, 0.717) is 0 Å². The first-order chi connectivity index (χ1) is 8.20. The third-order valence-corrected chi connectivity index (χ3v) is 2.77. The van der Waals surface area contributed by atoms with Crippen LogP contribution in [0.5, 0.6) is 0 Å². The fourth-order valence-electron chi connectivity index (χ4n) is 1.76. The van der Waals surface area contributed by atoms with E-state index in [2.05, 4.69) is 13.8 Å². The number of rotatable bonds is 10. The highest BCUT2D eigenvalue weighted by Crippen LogP contribution is 2.16. The molecule has 0 bridgehead atoms. The Kier molecular flexibility index (Phi) is 10.7. The Balaban J connectivity index is 4.12. The summed E-state index contributed by atoms with van der Waals surface area (Å²) in [7, 11) is 0. The summed E-state index contributed by atoms with van der Waals surface area (Å²) in [6.07, 6.45) is 14.5. The maximum absolute atomic E-state index is 10.4. The number of carboxylic acid groups (broad SMARTS) is 1. The third-order valence-electron chi connectivity index (χ3n) is 2.77. The van der Waals surface area contributed by atoms with Gasteiger partial charge in [-0.15, -0.1) is 0 Å². The Bertz CT molecular complexity index is 240. The van der Waals surface area contributed by atoms with Crippen molar-refractivity contribution >= 4 is 5.97 Å². The van der Waals surface area contributed by atoms with Gasteiger partial charge in [-0.1, -0.05) is 57.3 Å². The van der Waals surface area contributed by atoms with Crippen molar-refractivity contribution in [2.45, 2.75) is 65.2 Å². The molecule has 0 spiro atoms. The molecule has 0 aliphatic heterocycles. The minimum Gasteiger partial charge on any atom is -0.478 e. The molecule has 0 aromatic rings. The molecule has 0 radical (unpaired) electrons. The number of carboxylic acids is 1. The van der Waals surface area contributed by atoms with Crippen molar-refractivity contribution in [3.63, 3.8) is 0 Å². The number of hydrogen-bond acceptors (Lipinski definition) is 1. The van der Waals surface area contributed by atoms with E-state index in [1.807, 2.05) is 6.08 Å². The largest absolute Gasteiger partial charge is 0.478 e. The Morgan fingerprint density at radius 2 is 1.53 bits per heavy atom. The molecule has 1 N–H and O–H groups in total. The number of carbonyl (C=O) groups is 1. The lowest BCUT2D eigenvalue weighted by Crippen LogP contribution is -1.88. The first-order valence-electron chi connectivity index (χ1n) is 6.79. The minimum atomic E-state index is -0.872. The van der Waals surface area contributed by atoms with Crippen molar-refractivity contribution in [3.8, 4) is 0 Å². The van der Waals surface area contributed by atoms with Crippen LogP contribution in [0.25, 0.3) is 0 Å². The highest BCUT2D eigenvalue weighted by molar-refractivity contribution is 5.80. The first-order valence-corrected chi connectivity index (χ1v) is 6.79. The highest BCUT2D eigenvalue weighted by Gasteiger charge is 1.97. The molecule has 0 saturated carbocycles. The van der Waals surface area contributed by atoms with Gasteiger partial charge in [0.1, 0.15) is 0 Å². The van der Waals surface area contributed by atoms with Gasteiger partial charge in [-0.05, 0) is 25.7 Å². The van der Waals surface area contributed by atoms with Crippen molar-refractivity contribution in [2.75, 3.05) is 0 Å². The molecule has 0 aliphatic carbocycles. The quantitative estimate of drug-likeness (QED) is 0.340. The van der Waals surface area contributed by atoms with Crippen LogP contribution >= 0.6 is 0 Å². The van der Waals surface area contributed by atoms with Gasteiger partial charge in [-0.2, -0.15) is 0 Å². The standard InChI is InChI=1S/C15H26O2/c1-3-5-7-10-14(11-8-6-4-2)12-9-13-15(16)17/h9,12-13H,3-8,10-11H2,1-2H3,(H,16,17). The second-order valence-electron chi connectivity index (χ2n) is 4.44. The second-order valence-corrected chi connectivity index (χ2v) is 4.44. The van der Waals surface area contributed by atoms with Crippen LogP contribution in [0.15, 0.2) is 23.8 Å². The normalized spacial score (nSPS) is 10.7. The van der Waals surface area contributed by atoms with E-state index in [-0.39, 0.29) is 0 Å². The SMILES string of the molecule is CCCCCC(=CC=CC(=O)O)CCCCC. The average Bonchev–Trinajstić information content (AvgIpc) is 2.28. The number of allylic oxidation sites excluding steroid dienone is 3. The molecule has 0 saturated heterocycles. The number of unbranched alkanes of at least 4 members (excludes halogenated alkanes) is 4. The molecular weight excluding hydrogens is 212 g/mol. The summed E-state index contributed by atoms with van der Waals surface area (Å²) >= 11 is 0. The van der Waals surface area contributed by atoms with Crippen LogP contribution in [-0.4, -0.2) is 11.1 Å². The van der Waals surface area contributed by atoms with Crippen molar-refractivity contribution in [1.82, 2.24) is 0 Å². The maximum atomic E-state index is 10.4. The molecule has 17 heavy (non-hydrogen) atoms. The van der Waals surface area contributed by atoms with Gasteiger partial charge in [0, 0.05) is 6.08 Å². The van der Waals surface area contributed by atoms with Gasteiger partial charge in [0.05, 0.1) is 0 Å². The Morgan fingerprint density at radius 3 is 1.94 bits per heavy atom. The topological polar surface area (TPSA) is 37.3 Å². The summed E-state index contributed by atoms with van der Waals surface area (Å²) in [5, 5.41) is 8.54. The van der Waals surface area contributed by atoms with E-state index >= 15 is 0 Å². The summed E-state index contributed by atoms with van der Waals surface area (Å²) in [5.41, 5.74) is 1.39. The molecule has 0 heterocycles. The van der Waals surface area contributed by atoms with Crippen LogP contribution in [0, 0.1) is 0 Å². The molecule has 0 aromatic carbocycles. The lowest BCUT2D eigenvalue weighted by molar-refractivity contribution is -0.131. The third kappa shape index (κ3) is 11.2. The van der Waals surface area contributed by atoms with E-state index in [4.69, 9.17) is 5.11 Å². The molecular formula is C15H26O2. The fraction of sp³-hybridized carbons (Fsp3) is 0.667. The van der Waals surface area contributed by atoms with Gasteiger partial charge in [0.15, 0.2) is 0 Å². The predicted octanol–water partition coefficient (Wildman–Crippen LogP) is 4.71. The van der Waals surface area contributed by atoms with Crippen LogP contribution in [0.3, 0.4) is 0 Å². The van der Waals surface area contributed by atoms with Gasteiger partial charge in [-0.3, -0.25) is 0 Å². The molecule has 0 rings (SSSR count). The summed E-state index contributed by atoms with van der Waals surface area (Å²) in [6, 6.07) is 0. The molecule has 0 aliphatic rings. The smallest absolute Gasteiger partial charge is 0.328 e. The molecule has 0 fully saturated rings. The van der Waals surface area contributed by atoms with Gasteiger partial charge in [0.25, 0.3) is 0 Å². The number of hydrogen-bond donors (Lipinski definition) is 1. The Labute approximate surface area is 105 Å². The summed E-state index contributed by atoms with van der Waals surface area (Å²) < 4.78 is 0. The molecule has 0 aromatic heterocycles. The van der Waals surface area contributed by atoms with Gasteiger partial charge in [-0.25, -0.2) is 4.79 Å². The molecule has 2 nitrogen and oxygen atoms in total. The first kappa shape index (κ1) is 16.0. The second kappa shape index (κ2) is 11.4. The zero-order valence-corrected chi connectivity index (χ0v) is 11.2. The van der Waals surface area contributed by atoms with Crippen LogP contribution in [0.2, 0.25) is 0 Å². The summed E-state index contributed by atoms with van der Waals surface area (Å²) in [4.78, 5) is 10.4. The van der Waals surface area contributed by atoms with Crippen molar-refractivity contribution < 1.29 is 9.90 Å². The maximum Gasteiger partial charge on any atom is 0.328 e. The molecule has 0 unspecified atom stereocenters. The monoisotopic (exact) mass is 238 g/mol. The van der Waals surface area contributed by atoms with Crippen molar-refractivity contribution in [1.29, 1.82) is 0 Å². The fourth-order valence-corrected chi connectivity index (χ4v) is 1.76. The van der Waals surface area contributed by atoms with Crippen LogP contribution in [-0.2, 0) is 4.79 Å².